The van der Waals surface area contributed by atoms with Crippen molar-refractivity contribution in [3.8, 4) is 5.75 Å². The number of benzene rings is 2. The van der Waals surface area contributed by atoms with Crippen LogP contribution >= 0.6 is 11.8 Å². The molecule has 1 unspecified atom stereocenters. The predicted molar refractivity (Wildman–Crippen MR) is 105 cm³/mol. The van der Waals surface area contributed by atoms with Gasteiger partial charge in [-0.05, 0) is 49.6 Å². The summed E-state index contributed by atoms with van der Waals surface area (Å²) in [6, 6.07) is 11.8. The number of aryl methyl sites for hydroxylation is 1. The van der Waals surface area contributed by atoms with Crippen molar-refractivity contribution >= 4 is 33.4 Å². The molecule has 1 atom stereocenters. The average molecular weight is 395 g/mol. The van der Waals surface area contributed by atoms with E-state index < -0.39 is 22.0 Å². The standard InChI is InChI=1S/C18H22N2O4S2/c1-13-7-9-14(10-8-13)26(23,24)20-16(11-12-25-2)18(22)19-15-5-3-4-6-17(15)21/h3-10,16,20-21H,11-12H2,1-2H3,(H,19,22). The molecule has 0 saturated heterocycles. The molecule has 140 valence electrons. The third kappa shape index (κ3) is 5.48. The lowest BCUT2D eigenvalue weighted by Crippen LogP contribution is -2.44. The Morgan fingerprint density at radius 1 is 1.15 bits per heavy atom. The van der Waals surface area contributed by atoms with E-state index in [4.69, 9.17) is 0 Å². The maximum atomic E-state index is 12.6. The van der Waals surface area contributed by atoms with Gasteiger partial charge in [0, 0.05) is 0 Å². The highest BCUT2D eigenvalue weighted by atomic mass is 32.2. The molecule has 0 radical (unpaired) electrons. The second kappa shape index (κ2) is 9.07. The molecule has 26 heavy (non-hydrogen) atoms. The lowest BCUT2D eigenvalue weighted by Gasteiger charge is -2.18. The minimum absolute atomic E-state index is 0.0779. The van der Waals surface area contributed by atoms with Crippen LogP contribution in [0.25, 0.3) is 0 Å². The summed E-state index contributed by atoms with van der Waals surface area (Å²) < 4.78 is 27.7. The van der Waals surface area contributed by atoms with Crippen molar-refractivity contribution in [2.24, 2.45) is 0 Å². The molecule has 0 aliphatic heterocycles. The predicted octanol–water partition coefficient (Wildman–Crippen LogP) is 2.74. The number of aromatic hydroxyl groups is 1. The van der Waals surface area contributed by atoms with E-state index in [-0.39, 0.29) is 16.3 Å². The second-order valence-electron chi connectivity index (χ2n) is 5.77. The van der Waals surface area contributed by atoms with Crippen molar-refractivity contribution in [1.29, 1.82) is 0 Å². The number of hydrogen-bond acceptors (Lipinski definition) is 5. The number of hydrogen-bond donors (Lipinski definition) is 3. The summed E-state index contributed by atoms with van der Waals surface area (Å²) in [5, 5.41) is 12.4. The normalized spacial score (nSPS) is 12.5. The largest absolute Gasteiger partial charge is 0.506 e. The Morgan fingerprint density at radius 3 is 2.42 bits per heavy atom. The summed E-state index contributed by atoms with van der Waals surface area (Å²) in [6.45, 7) is 1.87. The van der Waals surface area contributed by atoms with Gasteiger partial charge in [0.1, 0.15) is 11.8 Å². The highest BCUT2D eigenvalue weighted by molar-refractivity contribution is 7.98. The van der Waals surface area contributed by atoms with Gasteiger partial charge in [0.15, 0.2) is 0 Å². The molecule has 0 spiro atoms. The van der Waals surface area contributed by atoms with Gasteiger partial charge in [0.05, 0.1) is 10.6 Å². The number of para-hydroxylation sites is 2. The van der Waals surface area contributed by atoms with Crippen LogP contribution in [-0.2, 0) is 14.8 Å². The zero-order valence-electron chi connectivity index (χ0n) is 14.6. The van der Waals surface area contributed by atoms with Crippen molar-refractivity contribution in [3.63, 3.8) is 0 Å². The van der Waals surface area contributed by atoms with Gasteiger partial charge < -0.3 is 10.4 Å². The molecule has 0 aliphatic rings. The molecule has 2 rings (SSSR count). The fourth-order valence-electron chi connectivity index (χ4n) is 2.25. The van der Waals surface area contributed by atoms with Crippen LogP contribution in [0.2, 0.25) is 0 Å². The summed E-state index contributed by atoms with van der Waals surface area (Å²) in [7, 11) is -3.84. The van der Waals surface area contributed by atoms with Crippen LogP contribution < -0.4 is 10.0 Å². The maximum absolute atomic E-state index is 12.6. The van der Waals surface area contributed by atoms with E-state index in [0.717, 1.165) is 5.56 Å². The van der Waals surface area contributed by atoms with Crippen LogP contribution in [0.5, 0.6) is 5.75 Å². The Morgan fingerprint density at radius 2 is 1.81 bits per heavy atom. The average Bonchev–Trinajstić information content (AvgIpc) is 2.60. The van der Waals surface area contributed by atoms with E-state index in [9.17, 15) is 18.3 Å². The molecule has 1 amide bonds. The van der Waals surface area contributed by atoms with E-state index in [0.29, 0.717) is 12.2 Å². The van der Waals surface area contributed by atoms with E-state index >= 15 is 0 Å². The number of sulfonamides is 1. The first-order chi connectivity index (χ1) is 12.3. The van der Waals surface area contributed by atoms with Crippen LogP contribution in [-0.4, -0.2) is 37.5 Å². The number of amides is 1. The second-order valence-corrected chi connectivity index (χ2v) is 8.47. The molecule has 2 aromatic rings. The molecule has 2 aromatic carbocycles. The van der Waals surface area contributed by atoms with Crippen molar-refractivity contribution < 1.29 is 18.3 Å². The molecule has 0 bridgehead atoms. The first kappa shape index (κ1) is 20.3. The highest BCUT2D eigenvalue weighted by Gasteiger charge is 2.26. The lowest BCUT2D eigenvalue weighted by molar-refractivity contribution is -0.117. The third-order valence-electron chi connectivity index (χ3n) is 3.72. The lowest BCUT2D eigenvalue weighted by atomic mass is 10.2. The molecule has 0 aliphatic carbocycles. The monoisotopic (exact) mass is 394 g/mol. The van der Waals surface area contributed by atoms with E-state index in [1.165, 1.54) is 30.0 Å². The Kier molecular flexibility index (Phi) is 7.07. The van der Waals surface area contributed by atoms with Crippen LogP contribution in [0.1, 0.15) is 12.0 Å². The van der Waals surface area contributed by atoms with Gasteiger partial charge in [-0.15, -0.1) is 0 Å². The summed E-state index contributed by atoms with van der Waals surface area (Å²) >= 11 is 1.52. The van der Waals surface area contributed by atoms with Gasteiger partial charge in [-0.3, -0.25) is 4.79 Å². The maximum Gasteiger partial charge on any atom is 0.242 e. The fraction of sp³-hybridized carbons (Fsp3) is 0.278. The van der Waals surface area contributed by atoms with Crippen molar-refractivity contribution in [2.45, 2.75) is 24.3 Å². The van der Waals surface area contributed by atoms with Crippen LogP contribution in [0, 0.1) is 6.92 Å². The highest BCUT2D eigenvalue weighted by Crippen LogP contribution is 2.22. The first-order valence-electron chi connectivity index (χ1n) is 8.00. The van der Waals surface area contributed by atoms with E-state index in [2.05, 4.69) is 10.0 Å². The topological polar surface area (TPSA) is 95.5 Å². The molecule has 3 N–H and O–H groups in total. The molecule has 0 fully saturated rings. The number of thioether (sulfide) groups is 1. The van der Waals surface area contributed by atoms with Gasteiger partial charge in [-0.2, -0.15) is 16.5 Å². The van der Waals surface area contributed by atoms with Crippen molar-refractivity contribution in [2.75, 3.05) is 17.3 Å². The molecule has 0 aromatic heterocycles. The van der Waals surface area contributed by atoms with Gasteiger partial charge in [0.25, 0.3) is 0 Å². The number of phenols is 1. The number of rotatable bonds is 8. The molecular weight excluding hydrogens is 372 g/mol. The Hall–Kier alpha value is -2.03. The minimum atomic E-state index is -3.84. The van der Waals surface area contributed by atoms with Gasteiger partial charge in [-0.25, -0.2) is 8.42 Å². The van der Waals surface area contributed by atoms with Crippen LogP contribution in [0.15, 0.2) is 53.4 Å². The molecule has 0 heterocycles. The Labute approximate surface area is 158 Å². The number of carbonyl (C=O) groups excluding carboxylic acids is 1. The SMILES string of the molecule is CSCCC(NS(=O)(=O)c1ccc(C)cc1)C(=O)Nc1ccccc1O. The van der Waals surface area contributed by atoms with Crippen molar-refractivity contribution in [3.05, 3.63) is 54.1 Å². The van der Waals surface area contributed by atoms with E-state index in [1.807, 2.05) is 13.2 Å². The number of phenolic OH excluding ortho intramolecular Hbond substituents is 1. The fourth-order valence-corrected chi connectivity index (χ4v) is 3.95. The third-order valence-corrected chi connectivity index (χ3v) is 5.85. The van der Waals surface area contributed by atoms with Crippen molar-refractivity contribution in [1.82, 2.24) is 4.72 Å². The molecule has 6 nitrogen and oxygen atoms in total. The minimum Gasteiger partial charge on any atom is -0.506 e. The summed E-state index contributed by atoms with van der Waals surface area (Å²) in [4.78, 5) is 12.7. The van der Waals surface area contributed by atoms with Crippen LogP contribution in [0.4, 0.5) is 5.69 Å². The molecular formula is C18H22N2O4S2. The smallest absolute Gasteiger partial charge is 0.242 e. The van der Waals surface area contributed by atoms with Gasteiger partial charge in [-0.1, -0.05) is 29.8 Å². The first-order valence-corrected chi connectivity index (χ1v) is 10.9. The van der Waals surface area contributed by atoms with Gasteiger partial charge >= 0.3 is 0 Å². The Bertz CT molecular complexity index is 852. The number of carbonyl (C=O) groups is 1. The summed E-state index contributed by atoms with van der Waals surface area (Å²) in [6.07, 6.45) is 2.21. The number of anilines is 1. The summed E-state index contributed by atoms with van der Waals surface area (Å²) in [5.74, 6) is 0.0111. The van der Waals surface area contributed by atoms with E-state index in [1.54, 1.807) is 30.3 Å². The number of nitrogens with one attached hydrogen (secondary N) is 2. The quantitative estimate of drug-likeness (QED) is 0.599. The zero-order chi connectivity index (χ0) is 19.2. The zero-order valence-corrected chi connectivity index (χ0v) is 16.2. The molecule has 8 heteroatoms. The molecule has 0 saturated carbocycles. The van der Waals surface area contributed by atoms with Crippen LogP contribution in [0.3, 0.4) is 0 Å². The Balaban J connectivity index is 2.19. The summed E-state index contributed by atoms with van der Waals surface area (Å²) in [5.41, 5.74) is 1.18. The van der Waals surface area contributed by atoms with Gasteiger partial charge in [0.2, 0.25) is 15.9 Å².